The molecule has 0 radical (unpaired) electrons. The molecule has 106 valence electrons. The highest BCUT2D eigenvalue weighted by atomic mass is 35.5. The quantitative estimate of drug-likeness (QED) is 0.867. The number of methoxy groups -OCH3 is 1. The van der Waals surface area contributed by atoms with Crippen LogP contribution < -0.4 is 10.2 Å². The van der Waals surface area contributed by atoms with Crippen molar-refractivity contribution in [1.29, 1.82) is 0 Å². The molecule has 1 rings (SSSR count). The minimum absolute atomic E-state index is 0.0518. The van der Waals surface area contributed by atoms with Crippen molar-refractivity contribution in [3.63, 3.8) is 0 Å². The highest BCUT2D eigenvalue weighted by Gasteiger charge is 2.28. The van der Waals surface area contributed by atoms with Crippen molar-refractivity contribution in [2.45, 2.75) is 6.18 Å². The number of carbonyl (C=O) groups excluding carboxylic acids is 1. The zero-order valence-electron chi connectivity index (χ0n) is 9.48. The van der Waals surface area contributed by atoms with E-state index in [1.54, 1.807) is 5.48 Å². The Balaban J connectivity index is 2.73. The second-order valence-corrected chi connectivity index (χ2v) is 4.12. The number of hydroxylamine groups is 1. The second kappa shape index (κ2) is 6.31. The van der Waals surface area contributed by atoms with E-state index in [4.69, 9.17) is 27.9 Å². The van der Waals surface area contributed by atoms with Gasteiger partial charge in [0.15, 0.2) is 12.4 Å². The van der Waals surface area contributed by atoms with Crippen molar-refractivity contribution in [3.8, 4) is 5.75 Å². The molecule has 19 heavy (non-hydrogen) atoms. The summed E-state index contributed by atoms with van der Waals surface area (Å²) in [5, 5.41) is 0.104. The van der Waals surface area contributed by atoms with Crippen molar-refractivity contribution in [1.82, 2.24) is 5.48 Å². The minimum atomic E-state index is -4.54. The van der Waals surface area contributed by atoms with Gasteiger partial charge in [-0.2, -0.15) is 13.2 Å². The fraction of sp³-hybridized carbons (Fsp3) is 0.300. The first-order valence-corrected chi connectivity index (χ1v) is 5.52. The van der Waals surface area contributed by atoms with Crippen molar-refractivity contribution in [2.24, 2.45) is 0 Å². The predicted molar refractivity (Wildman–Crippen MR) is 62.5 cm³/mol. The number of amides is 1. The van der Waals surface area contributed by atoms with E-state index >= 15 is 0 Å². The maximum atomic E-state index is 11.8. The molecular formula is C10H8Cl2F3NO3. The molecule has 0 unspecified atom stereocenters. The molecule has 0 heterocycles. The molecule has 0 saturated carbocycles. The summed E-state index contributed by atoms with van der Waals surface area (Å²) in [4.78, 5) is 15.5. The van der Waals surface area contributed by atoms with E-state index in [-0.39, 0.29) is 21.4 Å². The number of ether oxygens (including phenoxy) is 1. The third kappa shape index (κ3) is 4.77. The van der Waals surface area contributed by atoms with Crippen LogP contribution in [-0.4, -0.2) is 25.8 Å². The maximum absolute atomic E-state index is 11.8. The molecular weight excluding hydrogens is 310 g/mol. The van der Waals surface area contributed by atoms with Crippen LogP contribution in [0.25, 0.3) is 0 Å². The molecule has 0 aliphatic rings. The van der Waals surface area contributed by atoms with Gasteiger partial charge in [-0.25, -0.2) is 5.48 Å². The van der Waals surface area contributed by atoms with E-state index in [0.717, 1.165) is 0 Å². The van der Waals surface area contributed by atoms with E-state index in [1.165, 1.54) is 19.2 Å². The highest BCUT2D eigenvalue weighted by Crippen LogP contribution is 2.33. The third-order valence-electron chi connectivity index (χ3n) is 1.87. The van der Waals surface area contributed by atoms with Gasteiger partial charge in [-0.15, -0.1) is 0 Å². The Kier molecular flexibility index (Phi) is 5.28. The van der Waals surface area contributed by atoms with E-state index in [2.05, 4.69) is 4.84 Å². The molecule has 1 amide bonds. The molecule has 1 N–H and O–H groups in total. The van der Waals surface area contributed by atoms with E-state index in [0.29, 0.717) is 0 Å². The van der Waals surface area contributed by atoms with Crippen LogP contribution in [0, 0.1) is 0 Å². The SMILES string of the molecule is COc1c(Cl)cc(C(=O)NOCC(F)(F)F)cc1Cl. The van der Waals surface area contributed by atoms with Crippen molar-refractivity contribution in [3.05, 3.63) is 27.7 Å². The standard InChI is InChI=1S/C10H8Cl2F3NO3/c1-18-8-6(11)2-5(3-7(8)12)9(17)16-19-4-10(13,14)15/h2-3H,4H2,1H3,(H,16,17). The van der Waals surface area contributed by atoms with Gasteiger partial charge >= 0.3 is 6.18 Å². The lowest BCUT2D eigenvalue weighted by atomic mass is 10.2. The molecule has 0 aliphatic heterocycles. The Hall–Kier alpha value is -1.18. The van der Waals surface area contributed by atoms with Crippen molar-refractivity contribution >= 4 is 29.1 Å². The smallest absolute Gasteiger partial charge is 0.414 e. The number of hydrogen-bond donors (Lipinski definition) is 1. The summed E-state index contributed by atoms with van der Waals surface area (Å²) in [5.41, 5.74) is 1.57. The van der Waals surface area contributed by atoms with Gasteiger partial charge in [0, 0.05) is 5.56 Å². The third-order valence-corrected chi connectivity index (χ3v) is 2.43. The molecule has 0 aliphatic carbocycles. The predicted octanol–water partition coefficient (Wildman–Crippen LogP) is 3.23. The summed E-state index contributed by atoms with van der Waals surface area (Å²) >= 11 is 11.6. The summed E-state index contributed by atoms with van der Waals surface area (Å²) < 4.78 is 40.3. The van der Waals surface area contributed by atoms with Crippen LogP contribution in [-0.2, 0) is 4.84 Å². The molecule has 0 aromatic heterocycles. The molecule has 0 atom stereocenters. The van der Waals surface area contributed by atoms with E-state index in [1.807, 2.05) is 0 Å². The number of nitrogens with one attached hydrogen (secondary N) is 1. The molecule has 1 aromatic carbocycles. The Bertz CT molecular complexity index is 457. The average Bonchev–Trinajstić information content (AvgIpc) is 2.26. The lowest BCUT2D eigenvalue weighted by Gasteiger charge is -2.10. The first kappa shape index (κ1) is 15.9. The summed E-state index contributed by atoms with van der Waals surface area (Å²) in [6.45, 7) is -1.60. The normalized spacial score (nSPS) is 11.3. The number of hydrogen-bond acceptors (Lipinski definition) is 3. The molecule has 9 heteroatoms. The maximum Gasteiger partial charge on any atom is 0.414 e. The van der Waals surface area contributed by atoms with Crippen LogP contribution >= 0.6 is 23.2 Å². The Morgan fingerprint density at radius 3 is 2.26 bits per heavy atom. The van der Waals surface area contributed by atoms with Crippen LogP contribution in [0.3, 0.4) is 0 Å². The lowest BCUT2D eigenvalue weighted by Crippen LogP contribution is -2.29. The number of rotatable bonds is 4. The summed E-state index contributed by atoms with van der Waals surface area (Å²) in [7, 11) is 1.33. The van der Waals surface area contributed by atoms with Crippen LogP contribution in [0.4, 0.5) is 13.2 Å². The van der Waals surface area contributed by atoms with Gasteiger partial charge in [-0.05, 0) is 12.1 Å². The molecule has 1 aromatic rings. The Labute approximate surface area is 116 Å². The fourth-order valence-corrected chi connectivity index (χ4v) is 1.77. The highest BCUT2D eigenvalue weighted by molar-refractivity contribution is 6.37. The summed E-state index contributed by atoms with van der Waals surface area (Å²) in [6.07, 6.45) is -4.54. The van der Waals surface area contributed by atoms with Gasteiger partial charge < -0.3 is 4.74 Å². The molecule has 0 saturated heterocycles. The summed E-state index contributed by atoms with van der Waals surface area (Å²) in [5.74, 6) is -0.744. The van der Waals surface area contributed by atoms with E-state index in [9.17, 15) is 18.0 Å². The number of carbonyl (C=O) groups is 1. The molecule has 4 nitrogen and oxygen atoms in total. The van der Waals surface area contributed by atoms with Gasteiger partial charge in [0.25, 0.3) is 5.91 Å². The summed E-state index contributed by atoms with van der Waals surface area (Å²) in [6, 6.07) is 2.39. The van der Waals surface area contributed by atoms with Gasteiger partial charge in [0.1, 0.15) is 0 Å². The zero-order chi connectivity index (χ0) is 14.6. The van der Waals surface area contributed by atoms with Crippen molar-refractivity contribution < 1.29 is 27.5 Å². The molecule has 0 spiro atoms. The van der Waals surface area contributed by atoms with Gasteiger partial charge in [0.05, 0.1) is 17.2 Å². The monoisotopic (exact) mass is 317 g/mol. The Morgan fingerprint density at radius 2 is 1.84 bits per heavy atom. The fourth-order valence-electron chi connectivity index (χ4n) is 1.13. The van der Waals surface area contributed by atoms with Crippen molar-refractivity contribution in [2.75, 3.05) is 13.7 Å². The van der Waals surface area contributed by atoms with Crippen LogP contribution in [0.2, 0.25) is 10.0 Å². The number of alkyl halides is 3. The Morgan fingerprint density at radius 1 is 1.32 bits per heavy atom. The average molecular weight is 318 g/mol. The minimum Gasteiger partial charge on any atom is -0.494 e. The van der Waals surface area contributed by atoms with Gasteiger partial charge in [-0.3, -0.25) is 9.63 Å². The number of benzene rings is 1. The second-order valence-electron chi connectivity index (χ2n) is 3.31. The van der Waals surface area contributed by atoms with Crippen LogP contribution in [0.5, 0.6) is 5.75 Å². The number of halogens is 5. The lowest BCUT2D eigenvalue weighted by molar-refractivity contribution is -0.184. The van der Waals surface area contributed by atoms with Gasteiger partial charge in [-0.1, -0.05) is 23.2 Å². The zero-order valence-corrected chi connectivity index (χ0v) is 11.0. The van der Waals surface area contributed by atoms with Gasteiger partial charge in [0.2, 0.25) is 0 Å². The first-order valence-electron chi connectivity index (χ1n) is 4.76. The molecule has 0 fully saturated rings. The molecule has 0 bridgehead atoms. The van der Waals surface area contributed by atoms with Crippen LogP contribution in [0.15, 0.2) is 12.1 Å². The largest absolute Gasteiger partial charge is 0.494 e. The van der Waals surface area contributed by atoms with Crippen LogP contribution in [0.1, 0.15) is 10.4 Å². The topological polar surface area (TPSA) is 47.6 Å². The van der Waals surface area contributed by atoms with E-state index < -0.39 is 18.7 Å². The first-order chi connectivity index (χ1) is 8.74.